The molecule has 2 aromatic carbocycles. The second kappa shape index (κ2) is 9.78. The average molecular weight is 464 g/mol. The monoisotopic (exact) mass is 464 g/mol. The standard InChI is InChI=1S/C23H25BN4O4S/c1-3-31-23(29)28-33(2,30)17-6-4-5-16(9-17)13-32-21-11-20-18(10-19(21)24)22(27-14-26-20)25-12-15-7-8-15/h4-6,9-11,14-15H,3,7-8,12-13H2,1-2H3,(H,25,26,27). The molecule has 0 spiro atoms. The smallest absolute Gasteiger partial charge is 0.442 e. The fourth-order valence-corrected chi connectivity index (χ4v) is 4.45. The molecule has 10 heteroatoms. The molecule has 33 heavy (non-hydrogen) atoms. The largest absolute Gasteiger partial charge is 0.489 e. The van der Waals surface area contributed by atoms with Crippen LogP contribution < -0.4 is 15.5 Å². The van der Waals surface area contributed by atoms with Crippen LogP contribution in [0.5, 0.6) is 5.75 Å². The first kappa shape index (κ1) is 23.0. The maximum atomic E-state index is 12.9. The summed E-state index contributed by atoms with van der Waals surface area (Å²) in [5, 5.41) is 4.22. The first-order valence-electron chi connectivity index (χ1n) is 10.7. The van der Waals surface area contributed by atoms with Gasteiger partial charge in [-0.15, -0.1) is 4.36 Å². The average Bonchev–Trinajstić information content (AvgIpc) is 3.61. The summed E-state index contributed by atoms with van der Waals surface area (Å²) in [5.74, 6) is 1.97. The molecule has 1 aliphatic carbocycles. The van der Waals surface area contributed by atoms with Crippen LogP contribution in [-0.2, 0) is 21.1 Å². The number of hydrogen-bond acceptors (Lipinski definition) is 7. The van der Waals surface area contributed by atoms with Crippen LogP contribution in [0.4, 0.5) is 10.6 Å². The van der Waals surface area contributed by atoms with E-state index in [2.05, 4.69) is 19.6 Å². The number of carbonyl (C=O) groups is 1. The van der Waals surface area contributed by atoms with Gasteiger partial charge in [0.15, 0.2) is 0 Å². The zero-order valence-corrected chi connectivity index (χ0v) is 19.4. The number of nitrogens with one attached hydrogen (secondary N) is 1. The van der Waals surface area contributed by atoms with Gasteiger partial charge in [0.25, 0.3) is 0 Å². The topological polar surface area (TPSA) is 103 Å². The Balaban J connectivity index is 1.51. The molecule has 3 aromatic rings. The molecule has 170 valence electrons. The molecule has 0 bridgehead atoms. The molecule has 1 atom stereocenters. The van der Waals surface area contributed by atoms with E-state index in [0.717, 1.165) is 28.8 Å². The van der Waals surface area contributed by atoms with Crippen molar-refractivity contribution in [3.63, 3.8) is 0 Å². The minimum Gasteiger partial charge on any atom is -0.489 e. The fourth-order valence-electron chi connectivity index (χ4n) is 3.31. The van der Waals surface area contributed by atoms with E-state index in [9.17, 15) is 9.00 Å². The number of nitrogens with zero attached hydrogens (tertiary/aromatic N) is 3. The van der Waals surface area contributed by atoms with Crippen LogP contribution in [0.15, 0.2) is 52.0 Å². The third kappa shape index (κ3) is 5.81. The molecule has 0 aliphatic heterocycles. The molecule has 4 rings (SSSR count). The van der Waals surface area contributed by atoms with Gasteiger partial charge in [-0.1, -0.05) is 23.7 Å². The lowest BCUT2D eigenvalue weighted by Crippen LogP contribution is -2.12. The fraction of sp³-hybridized carbons (Fsp3) is 0.348. The zero-order valence-electron chi connectivity index (χ0n) is 18.6. The van der Waals surface area contributed by atoms with Crippen molar-refractivity contribution in [2.45, 2.75) is 31.3 Å². The molecule has 1 amide bonds. The number of hydrogen-bond donors (Lipinski definition) is 1. The molecule has 8 nitrogen and oxygen atoms in total. The quantitative estimate of drug-likeness (QED) is 0.510. The van der Waals surface area contributed by atoms with Crippen LogP contribution in [0.1, 0.15) is 25.3 Å². The van der Waals surface area contributed by atoms with Crippen LogP contribution in [0.3, 0.4) is 0 Å². The lowest BCUT2D eigenvalue weighted by molar-refractivity contribution is 0.164. The molecular formula is C23H25BN4O4S. The molecule has 1 heterocycles. The van der Waals surface area contributed by atoms with Crippen molar-refractivity contribution in [2.24, 2.45) is 10.3 Å². The molecular weight excluding hydrogens is 439 g/mol. The number of carbonyl (C=O) groups excluding carboxylic acids is 1. The van der Waals surface area contributed by atoms with E-state index in [1.54, 1.807) is 31.2 Å². The summed E-state index contributed by atoms with van der Waals surface area (Å²) in [5.41, 5.74) is 1.96. The highest BCUT2D eigenvalue weighted by Gasteiger charge is 2.21. The van der Waals surface area contributed by atoms with Crippen molar-refractivity contribution in [1.29, 1.82) is 0 Å². The van der Waals surface area contributed by atoms with Gasteiger partial charge in [-0.3, -0.25) is 0 Å². The SMILES string of the molecule is [B]c1cc2c(NCC3CC3)ncnc2cc1OCc1cccc(S(C)(=O)=NC(=O)OCC)c1. The highest BCUT2D eigenvalue weighted by Crippen LogP contribution is 2.30. The Morgan fingerprint density at radius 1 is 1.27 bits per heavy atom. The Labute approximate surface area is 194 Å². The molecule has 1 aliphatic rings. The predicted molar refractivity (Wildman–Crippen MR) is 129 cm³/mol. The summed E-state index contributed by atoms with van der Waals surface area (Å²) in [7, 11) is 3.31. The first-order valence-corrected chi connectivity index (χ1v) is 12.7. The third-order valence-corrected chi connectivity index (χ3v) is 6.89. The number of fused-ring (bicyclic) bond motifs is 1. The van der Waals surface area contributed by atoms with E-state index in [1.807, 2.05) is 12.1 Å². The number of ether oxygens (including phenoxy) is 2. The second-order valence-corrected chi connectivity index (χ2v) is 10.2. The lowest BCUT2D eigenvalue weighted by atomic mass is 9.93. The minimum atomic E-state index is -2.94. The van der Waals surface area contributed by atoms with Gasteiger partial charge < -0.3 is 14.8 Å². The number of aromatic nitrogens is 2. The van der Waals surface area contributed by atoms with E-state index in [0.29, 0.717) is 22.0 Å². The van der Waals surface area contributed by atoms with E-state index < -0.39 is 15.8 Å². The highest BCUT2D eigenvalue weighted by atomic mass is 32.2. The van der Waals surface area contributed by atoms with Gasteiger partial charge in [0.05, 0.1) is 21.9 Å². The van der Waals surface area contributed by atoms with Crippen LogP contribution in [0.25, 0.3) is 10.9 Å². The molecule has 0 saturated heterocycles. The molecule has 2 radical (unpaired) electrons. The summed E-state index contributed by atoms with van der Waals surface area (Å²) < 4.78 is 27.3. The molecule has 1 fully saturated rings. The first-order chi connectivity index (χ1) is 15.9. The van der Waals surface area contributed by atoms with Crippen LogP contribution in [-0.4, -0.2) is 47.5 Å². The van der Waals surface area contributed by atoms with Gasteiger partial charge >= 0.3 is 6.09 Å². The van der Waals surface area contributed by atoms with Crippen LogP contribution >= 0.6 is 0 Å². The maximum absolute atomic E-state index is 12.9. The van der Waals surface area contributed by atoms with Crippen molar-refractivity contribution in [1.82, 2.24) is 9.97 Å². The Morgan fingerprint density at radius 2 is 2.09 bits per heavy atom. The maximum Gasteiger partial charge on any atom is 0.442 e. The van der Waals surface area contributed by atoms with Gasteiger partial charge in [-0.2, -0.15) is 0 Å². The van der Waals surface area contributed by atoms with Gasteiger partial charge in [-0.05, 0) is 43.4 Å². The van der Waals surface area contributed by atoms with Crippen molar-refractivity contribution >= 4 is 45.9 Å². The van der Waals surface area contributed by atoms with Gasteiger partial charge in [0.2, 0.25) is 0 Å². The number of amides is 1. The minimum absolute atomic E-state index is 0.169. The Morgan fingerprint density at radius 3 is 2.85 bits per heavy atom. The van der Waals surface area contributed by atoms with Crippen molar-refractivity contribution in [3.05, 3.63) is 48.3 Å². The number of rotatable bonds is 8. The van der Waals surface area contributed by atoms with Crippen LogP contribution in [0, 0.1) is 5.92 Å². The molecule has 1 unspecified atom stereocenters. The Hall–Kier alpha value is -3.14. The number of benzene rings is 2. The third-order valence-electron chi connectivity index (χ3n) is 5.27. The second-order valence-electron chi connectivity index (χ2n) is 7.98. The van der Waals surface area contributed by atoms with E-state index >= 15 is 0 Å². The summed E-state index contributed by atoms with van der Waals surface area (Å²) in [4.78, 5) is 20.8. The van der Waals surface area contributed by atoms with Crippen LogP contribution in [0.2, 0.25) is 0 Å². The Bertz CT molecular complexity index is 1300. The van der Waals surface area contributed by atoms with Crippen molar-refractivity contribution < 1.29 is 18.5 Å². The summed E-state index contributed by atoms with van der Waals surface area (Å²) >= 11 is 0. The zero-order chi connectivity index (χ0) is 23.4. The van der Waals surface area contributed by atoms with Gasteiger partial charge in [0, 0.05) is 29.1 Å². The molecule has 1 N–H and O–H groups in total. The molecule has 1 aromatic heterocycles. The predicted octanol–water partition coefficient (Wildman–Crippen LogP) is 3.44. The lowest BCUT2D eigenvalue weighted by Gasteiger charge is -2.13. The summed E-state index contributed by atoms with van der Waals surface area (Å²) in [6.07, 6.45) is 4.58. The molecule has 1 saturated carbocycles. The normalized spacial score (nSPS) is 15.0. The van der Waals surface area contributed by atoms with Crippen molar-refractivity contribution in [3.8, 4) is 5.75 Å². The van der Waals surface area contributed by atoms with Gasteiger partial charge in [-0.25, -0.2) is 19.0 Å². The Kier molecular flexibility index (Phi) is 6.83. The van der Waals surface area contributed by atoms with Gasteiger partial charge in [0.1, 0.15) is 32.3 Å². The summed E-state index contributed by atoms with van der Waals surface area (Å²) in [6.45, 7) is 2.92. The van der Waals surface area contributed by atoms with E-state index in [-0.39, 0.29) is 13.2 Å². The number of anilines is 1. The summed E-state index contributed by atoms with van der Waals surface area (Å²) in [6, 6.07) is 10.5. The van der Waals surface area contributed by atoms with E-state index in [1.165, 1.54) is 25.4 Å². The highest BCUT2D eigenvalue weighted by molar-refractivity contribution is 7.93. The van der Waals surface area contributed by atoms with E-state index in [4.69, 9.17) is 17.3 Å². The van der Waals surface area contributed by atoms with Crippen molar-refractivity contribution in [2.75, 3.05) is 24.7 Å².